The number of carbonyl (C=O) groups excluding carboxylic acids is 2. The third-order valence-electron chi connectivity index (χ3n) is 4.42. The molecule has 0 saturated carbocycles. The molecule has 0 saturated heterocycles. The Kier molecular flexibility index (Phi) is 5.88. The Morgan fingerprint density at radius 3 is 2.36 bits per heavy atom. The molecule has 0 aliphatic carbocycles. The lowest BCUT2D eigenvalue weighted by molar-refractivity contribution is -0.128. The highest BCUT2D eigenvalue weighted by Gasteiger charge is 2.11. The Morgan fingerprint density at radius 2 is 1.64 bits per heavy atom. The van der Waals surface area contributed by atoms with Gasteiger partial charge in [-0.2, -0.15) is 0 Å². The van der Waals surface area contributed by atoms with Gasteiger partial charge in [-0.3, -0.25) is 4.79 Å². The molecule has 0 aliphatic rings. The number of aryl methyl sites for hydroxylation is 1. The van der Waals surface area contributed by atoms with Gasteiger partial charge in [0.25, 0.3) is 0 Å². The van der Waals surface area contributed by atoms with Gasteiger partial charge in [0.2, 0.25) is 5.91 Å². The van der Waals surface area contributed by atoms with Crippen molar-refractivity contribution in [2.24, 2.45) is 0 Å². The van der Waals surface area contributed by atoms with E-state index in [1.54, 1.807) is 30.9 Å². The van der Waals surface area contributed by atoms with E-state index in [4.69, 9.17) is 0 Å². The van der Waals surface area contributed by atoms with Crippen LogP contribution >= 0.6 is 0 Å². The fourth-order valence-electron chi connectivity index (χ4n) is 2.72. The Labute approximate surface area is 163 Å². The van der Waals surface area contributed by atoms with Crippen molar-refractivity contribution in [1.29, 1.82) is 0 Å². The molecule has 8 nitrogen and oxygen atoms in total. The minimum atomic E-state index is -0.214. The predicted molar refractivity (Wildman–Crippen MR) is 106 cm³/mol. The number of fused-ring (bicyclic) bond motifs is 1. The lowest BCUT2D eigenvalue weighted by atomic mass is 10.1. The zero-order valence-electron chi connectivity index (χ0n) is 16.2. The van der Waals surface area contributed by atoms with Crippen LogP contribution in [-0.4, -0.2) is 53.2 Å². The van der Waals surface area contributed by atoms with Crippen molar-refractivity contribution >= 4 is 28.7 Å². The molecule has 3 aromatic rings. The number of nitrogens with zero attached hydrogens (tertiary/aromatic N) is 4. The van der Waals surface area contributed by atoms with E-state index in [1.807, 2.05) is 42.5 Å². The van der Waals surface area contributed by atoms with E-state index in [2.05, 4.69) is 20.3 Å². The molecule has 28 heavy (non-hydrogen) atoms. The Morgan fingerprint density at radius 1 is 0.964 bits per heavy atom. The predicted octanol–water partition coefficient (Wildman–Crippen LogP) is 2.91. The average molecular weight is 381 g/mol. The molecule has 0 aliphatic heterocycles. The van der Waals surface area contributed by atoms with Crippen LogP contribution in [0.25, 0.3) is 11.0 Å². The lowest BCUT2D eigenvalue weighted by Gasteiger charge is -2.18. The third kappa shape index (κ3) is 4.85. The van der Waals surface area contributed by atoms with Crippen molar-refractivity contribution in [3.63, 3.8) is 0 Å². The SMILES string of the molecule is CN(C)C(=O)CCc1ccc(NC(=O)N(C)Cc2ccc3nonc3c2)cc1. The summed E-state index contributed by atoms with van der Waals surface area (Å²) in [5.41, 5.74) is 4.03. The van der Waals surface area contributed by atoms with Crippen molar-refractivity contribution < 1.29 is 14.2 Å². The van der Waals surface area contributed by atoms with Gasteiger partial charge < -0.3 is 15.1 Å². The maximum absolute atomic E-state index is 12.4. The van der Waals surface area contributed by atoms with E-state index in [0.29, 0.717) is 36.1 Å². The number of anilines is 1. The first-order chi connectivity index (χ1) is 13.4. The van der Waals surface area contributed by atoms with Crippen LogP contribution in [0.4, 0.5) is 10.5 Å². The van der Waals surface area contributed by atoms with Crippen molar-refractivity contribution in [2.75, 3.05) is 26.5 Å². The van der Waals surface area contributed by atoms with Crippen molar-refractivity contribution in [3.05, 3.63) is 53.6 Å². The molecule has 146 valence electrons. The van der Waals surface area contributed by atoms with Gasteiger partial charge in [0.15, 0.2) is 0 Å². The number of benzene rings is 2. The first kappa shape index (κ1) is 19.3. The van der Waals surface area contributed by atoms with E-state index >= 15 is 0 Å². The van der Waals surface area contributed by atoms with Crippen molar-refractivity contribution in [1.82, 2.24) is 20.1 Å². The van der Waals surface area contributed by atoms with Gasteiger partial charge in [-0.15, -0.1) is 0 Å². The maximum Gasteiger partial charge on any atom is 0.321 e. The summed E-state index contributed by atoms with van der Waals surface area (Å²) in [5, 5.41) is 10.5. The van der Waals surface area contributed by atoms with Crippen LogP contribution in [0.2, 0.25) is 0 Å². The topological polar surface area (TPSA) is 91.6 Å². The standard InChI is InChI=1S/C20H23N5O3/c1-24(2)19(26)11-7-14-4-8-16(9-5-14)21-20(27)25(3)13-15-6-10-17-18(12-15)23-28-22-17/h4-6,8-10,12H,7,11,13H2,1-3H3,(H,21,27). The highest BCUT2D eigenvalue weighted by molar-refractivity contribution is 5.89. The maximum atomic E-state index is 12.4. The molecule has 1 heterocycles. The van der Waals surface area contributed by atoms with Gasteiger partial charge in [-0.25, -0.2) is 9.42 Å². The lowest BCUT2D eigenvalue weighted by Crippen LogP contribution is -2.30. The average Bonchev–Trinajstić information content (AvgIpc) is 3.14. The summed E-state index contributed by atoms with van der Waals surface area (Å²) < 4.78 is 4.69. The third-order valence-corrected chi connectivity index (χ3v) is 4.42. The number of amides is 3. The Hall–Kier alpha value is -3.42. The summed E-state index contributed by atoms with van der Waals surface area (Å²) >= 11 is 0. The monoisotopic (exact) mass is 381 g/mol. The van der Waals surface area contributed by atoms with Gasteiger partial charge in [0.1, 0.15) is 11.0 Å². The quantitative estimate of drug-likeness (QED) is 0.709. The Bertz CT molecular complexity index is 965. The van der Waals surface area contributed by atoms with Gasteiger partial charge in [0.05, 0.1) is 0 Å². The van der Waals surface area contributed by atoms with E-state index in [9.17, 15) is 9.59 Å². The highest BCUT2D eigenvalue weighted by atomic mass is 16.6. The molecule has 8 heteroatoms. The van der Waals surface area contributed by atoms with Crippen LogP contribution in [0.5, 0.6) is 0 Å². The van der Waals surface area contributed by atoms with E-state index in [-0.39, 0.29) is 11.9 Å². The highest BCUT2D eigenvalue weighted by Crippen LogP contribution is 2.15. The molecule has 0 atom stereocenters. The fraction of sp³-hybridized carbons (Fsp3) is 0.300. The molecule has 0 radical (unpaired) electrons. The molecule has 2 aromatic carbocycles. The first-order valence-electron chi connectivity index (χ1n) is 8.95. The van der Waals surface area contributed by atoms with Crippen LogP contribution in [0.1, 0.15) is 17.5 Å². The molecule has 1 aromatic heterocycles. The van der Waals surface area contributed by atoms with Crippen LogP contribution in [0, 0.1) is 0 Å². The summed E-state index contributed by atoms with van der Waals surface area (Å²) in [5.74, 6) is 0.0959. The summed E-state index contributed by atoms with van der Waals surface area (Å²) in [4.78, 5) is 27.3. The summed E-state index contributed by atoms with van der Waals surface area (Å²) in [6.07, 6.45) is 1.14. The minimum Gasteiger partial charge on any atom is -0.349 e. The summed E-state index contributed by atoms with van der Waals surface area (Å²) in [6, 6.07) is 12.9. The number of carbonyl (C=O) groups is 2. The number of nitrogens with one attached hydrogen (secondary N) is 1. The largest absolute Gasteiger partial charge is 0.349 e. The summed E-state index contributed by atoms with van der Waals surface area (Å²) in [6.45, 7) is 0.430. The molecule has 0 bridgehead atoms. The fourth-order valence-corrected chi connectivity index (χ4v) is 2.72. The van der Waals surface area contributed by atoms with Crippen molar-refractivity contribution in [3.8, 4) is 0 Å². The smallest absolute Gasteiger partial charge is 0.321 e. The van der Waals surface area contributed by atoms with Crippen LogP contribution in [0.15, 0.2) is 47.1 Å². The molecule has 3 amide bonds. The summed E-state index contributed by atoms with van der Waals surface area (Å²) in [7, 11) is 5.22. The van der Waals surface area contributed by atoms with Gasteiger partial charge in [-0.05, 0) is 52.1 Å². The second kappa shape index (κ2) is 8.51. The molecular weight excluding hydrogens is 358 g/mol. The number of hydrogen-bond donors (Lipinski definition) is 1. The van der Waals surface area contributed by atoms with Gasteiger partial charge >= 0.3 is 6.03 Å². The zero-order valence-corrected chi connectivity index (χ0v) is 16.2. The second-order valence-corrected chi connectivity index (χ2v) is 6.86. The number of aromatic nitrogens is 2. The Balaban J connectivity index is 1.53. The number of rotatable bonds is 6. The van der Waals surface area contributed by atoms with Crippen LogP contribution < -0.4 is 5.32 Å². The second-order valence-electron chi connectivity index (χ2n) is 6.86. The first-order valence-corrected chi connectivity index (χ1v) is 8.95. The molecule has 1 N–H and O–H groups in total. The van der Waals surface area contributed by atoms with Gasteiger partial charge in [0, 0.05) is 39.8 Å². The van der Waals surface area contributed by atoms with Gasteiger partial charge in [-0.1, -0.05) is 18.2 Å². The number of urea groups is 1. The number of hydrogen-bond acceptors (Lipinski definition) is 5. The molecule has 0 spiro atoms. The molecule has 3 rings (SSSR count). The zero-order chi connectivity index (χ0) is 20.1. The van der Waals surface area contributed by atoms with E-state index < -0.39 is 0 Å². The molecule has 0 fully saturated rings. The van der Waals surface area contributed by atoms with Crippen LogP contribution in [0.3, 0.4) is 0 Å². The molecular formula is C20H23N5O3. The van der Waals surface area contributed by atoms with E-state index in [0.717, 1.165) is 11.1 Å². The van der Waals surface area contributed by atoms with Crippen molar-refractivity contribution in [2.45, 2.75) is 19.4 Å². The van der Waals surface area contributed by atoms with Crippen LogP contribution in [-0.2, 0) is 17.8 Å². The normalized spacial score (nSPS) is 10.7. The molecule has 0 unspecified atom stereocenters. The van der Waals surface area contributed by atoms with E-state index in [1.165, 1.54) is 0 Å². The minimum absolute atomic E-state index is 0.0959.